The second-order valence-electron chi connectivity index (χ2n) is 6.68. The third kappa shape index (κ3) is 2.77. The maximum absolute atomic E-state index is 6.08. The molecular formula is C18H23N5. The molecule has 2 atom stereocenters. The molecule has 5 heteroatoms. The summed E-state index contributed by atoms with van der Waals surface area (Å²) in [5.41, 5.74) is 15.8. The van der Waals surface area contributed by atoms with Crippen LogP contribution in [0.15, 0.2) is 30.3 Å². The van der Waals surface area contributed by atoms with Gasteiger partial charge in [0.2, 0.25) is 5.95 Å². The van der Waals surface area contributed by atoms with Crippen LogP contribution in [0.1, 0.15) is 35.6 Å². The molecule has 2 aromatic rings. The summed E-state index contributed by atoms with van der Waals surface area (Å²) in [5.74, 6) is 1.93. The molecular weight excluding hydrogens is 286 g/mol. The number of hydrogen-bond donors (Lipinski definition) is 2. The van der Waals surface area contributed by atoms with Gasteiger partial charge in [0.25, 0.3) is 0 Å². The largest absolute Gasteiger partial charge is 0.368 e. The average molecular weight is 309 g/mol. The lowest BCUT2D eigenvalue weighted by molar-refractivity contribution is 0.571. The summed E-state index contributed by atoms with van der Waals surface area (Å²) in [6.45, 7) is 1.82. The summed E-state index contributed by atoms with van der Waals surface area (Å²) in [7, 11) is 0. The van der Waals surface area contributed by atoms with Gasteiger partial charge in [-0.1, -0.05) is 30.3 Å². The quantitative estimate of drug-likeness (QED) is 0.885. The van der Waals surface area contributed by atoms with Crippen LogP contribution in [0, 0.1) is 0 Å². The van der Waals surface area contributed by atoms with Crippen LogP contribution in [0.4, 0.5) is 11.8 Å². The number of fused-ring (bicyclic) bond motifs is 1. The molecule has 4 rings (SSSR count). The van der Waals surface area contributed by atoms with Crippen LogP contribution < -0.4 is 16.4 Å². The van der Waals surface area contributed by atoms with E-state index in [9.17, 15) is 0 Å². The summed E-state index contributed by atoms with van der Waals surface area (Å²) in [5, 5.41) is 0. The van der Waals surface area contributed by atoms with Crippen LogP contribution in [0.25, 0.3) is 0 Å². The van der Waals surface area contributed by atoms with Gasteiger partial charge in [-0.3, -0.25) is 0 Å². The molecule has 2 aliphatic rings. The monoisotopic (exact) mass is 309 g/mol. The molecule has 1 fully saturated rings. The van der Waals surface area contributed by atoms with Crippen molar-refractivity contribution in [2.75, 3.05) is 23.7 Å². The van der Waals surface area contributed by atoms with E-state index >= 15 is 0 Å². The predicted octanol–water partition coefficient (Wildman–Crippen LogP) is 1.87. The van der Waals surface area contributed by atoms with Crippen LogP contribution in [-0.2, 0) is 12.8 Å². The molecule has 1 aliphatic carbocycles. The van der Waals surface area contributed by atoms with Gasteiger partial charge in [0.1, 0.15) is 5.82 Å². The van der Waals surface area contributed by atoms with Crippen LogP contribution in [0.5, 0.6) is 0 Å². The van der Waals surface area contributed by atoms with Crippen molar-refractivity contribution in [2.24, 2.45) is 5.73 Å². The van der Waals surface area contributed by atoms with Gasteiger partial charge in [-0.25, -0.2) is 4.98 Å². The molecule has 120 valence electrons. The molecule has 4 N–H and O–H groups in total. The lowest BCUT2D eigenvalue weighted by Crippen LogP contribution is -2.29. The standard InChI is InChI=1S/C18H23N5/c19-14-8-9-23(11-14)17-15-10-13(12-4-2-1-3-5-12)6-7-16(15)21-18(20)22-17/h1-5,13-14H,6-11,19H2,(H2,20,21,22). The van der Waals surface area contributed by atoms with E-state index in [0.717, 1.165) is 50.3 Å². The molecule has 1 aromatic heterocycles. The zero-order valence-electron chi connectivity index (χ0n) is 13.3. The number of aryl methyl sites for hydroxylation is 1. The lowest BCUT2D eigenvalue weighted by atomic mass is 9.82. The van der Waals surface area contributed by atoms with Gasteiger partial charge < -0.3 is 16.4 Å². The van der Waals surface area contributed by atoms with Crippen molar-refractivity contribution in [3.63, 3.8) is 0 Å². The zero-order valence-corrected chi connectivity index (χ0v) is 13.3. The highest BCUT2D eigenvalue weighted by molar-refractivity contribution is 5.54. The van der Waals surface area contributed by atoms with Crippen molar-refractivity contribution < 1.29 is 0 Å². The van der Waals surface area contributed by atoms with Crippen molar-refractivity contribution in [3.8, 4) is 0 Å². The Kier molecular flexibility index (Phi) is 3.65. The fourth-order valence-electron chi connectivity index (χ4n) is 3.86. The second kappa shape index (κ2) is 5.81. The fraction of sp³-hybridized carbons (Fsp3) is 0.444. The number of benzene rings is 1. The second-order valence-corrected chi connectivity index (χ2v) is 6.68. The van der Waals surface area contributed by atoms with Gasteiger partial charge in [-0.05, 0) is 37.2 Å². The number of rotatable bonds is 2. The summed E-state index contributed by atoms with van der Waals surface area (Å²) in [4.78, 5) is 11.4. The Bertz CT molecular complexity index is 700. The Labute approximate surface area is 136 Å². The highest BCUT2D eigenvalue weighted by atomic mass is 15.2. The first kappa shape index (κ1) is 14.5. The van der Waals surface area contributed by atoms with E-state index in [1.165, 1.54) is 11.1 Å². The van der Waals surface area contributed by atoms with Crippen LogP contribution in [0.3, 0.4) is 0 Å². The summed E-state index contributed by atoms with van der Waals surface area (Å²) >= 11 is 0. The predicted molar refractivity (Wildman–Crippen MR) is 92.5 cm³/mol. The smallest absolute Gasteiger partial charge is 0.222 e. The van der Waals surface area contributed by atoms with E-state index in [2.05, 4.69) is 45.2 Å². The Morgan fingerprint density at radius 3 is 2.65 bits per heavy atom. The number of hydrogen-bond acceptors (Lipinski definition) is 5. The minimum Gasteiger partial charge on any atom is -0.368 e. The fourth-order valence-corrected chi connectivity index (χ4v) is 3.86. The first-order valence-corrected chi connectivity index (χ1v) is 8.41. The van der Waals surface area contributed by atoms with E-state index in [-0.39, 0.29) is 6.04 Å². The lowest BCUT2D eigenvalue weighted by Gasteiger charge is -2.29. The first-order valence-electron chi connectivity index (χ1n) is 8.41. The molecule has 1 aliphatic heterocycles. The molecule has 23 heavy (non-hydrogen) atoms. The molecule has 1 saturated heterocycles. The number of nitrogen functional groups attached to an aromatic ring is 1. The van der Waals surface area contributed by atoms with Gasteiger partial charge >= 0.3 is 0 Å². The van der Waals surface area contributed by atoms with Crippen LogP contribution in [-0.4, -0.2) is 29.1 Å². The van der Waals surface area contributed by atoms with Gasteiger partial charge in [0.05, 0.1) is 5.69 Å². The molecule has 0 spiro atoms. The zero-order chi connectivity index (χ0) is 15.8. The molecule has 5 nitrogen and oxygen atoms in total. The third-order valence-electron chi connectivity index (χ3n) is 5.06. The third-order valence-corrected chi connectivity index (χ3v) is 5.06. The topological polar surface area (TPSA) is 81.1 Å². The molecule has 0 radical (unpaired) electrons. The maximum Gasteiger partial charge on any atom is 0.222 e. The Balaban J connectivity index is 1.69. The molecule has 0 amide bonds. The van der Waals surface area contributed by atoms with Gasteiger partial charge in [-0.2, -0.15) is 4.98 Å². The Hall–Kier alpha value is -2.14. The molecule has 0 saturated carbocycles. The first-order chi connectivity index (χ1) is 11.2. The van der Waals surface area contributed by atoms with E-state index in [0.29, 0.717) is 11.9 Å². The number of aromatic nitrogens is 2. The number of anilines is 2. The summed E-state index contributed by atoms with van der Waals surface area (Å²) in [6.07, 6.45) is 4.09. The summed E-state index contributed by atoms with van der Waals surface area (Å²) in [6, 6.07) is 11.0. The van der Waals surface area contributed by atoms with E-state index in [4.69, 9.17) is 11.5 Å². The minimum absolute atomic E-state index is 0.232. The summed E-state index contributed by atoms with van der Waals surface area (Å²) < 4.78 is 0. The molecule has 2 unspecified atom stereocenters. The van der Waals surface area contributed by atoms with Crippen molar-refractivity contribution in [1.82, 2.24) is 9.97 Å². The highest BCUT2D eigenvalue weighted by Crippen LogP contribution is 2.37. The Morgan fingerprint density at radius 1 is 1.09 bits per heavy atom. The minimum atomic E-state index is 0.232. The molecule has 2 heterocycles. The van der Waals surface area contributed by atoms with Crippen LogP contribution >= 0.6 is 0 Å². The Morgan fingerprint density at radius 2 is 1.91 bits per heavy atom. The van der Waals surface area contributed by atoms with E-state index < -0.39 is 0 Å². The van der Waals surface area contributed by atoms with Crippen molar-refractivity contribution in [1.29, 1.82) is 0 Å². The van der Waals surface area contributed by atoms with E-state index in [1.807, 2.05) is 0 Å². The van der Waals surface area contributed by atoms with Gasteiger partial charge in [0.15, 0.2) is 0 Å². The molecule has 0 bridgehead atoms. The van der Waals surface area contributed by atoms with Crippen LogP contribution in [0.2, 0.25) is 0 Å². The van der Waals surface area contributed by atoms with E-state index in [1.54, 1.807) is 0 Å². The molecule has 1 aromatic carbocycles. The average Bonchev–Trinajstić information content (AvgIpc) is 3.01. The number of nitrogens with two attached hydrogens (primary N) is 2. The SMILES string of the molecule is Nc1nc2c(c(N3CCC(N)C3)n1)CC(c1ccccc1)CC2. The normalized spacial score (nSPS) is 23.8. The maximum atomic E-state index is 6.08. The number of nitrogens with zero attached hydrogens (tertiary/aromatic N) is 3. The van der Waals surface area contributed by atoms with Gasteiger partial charge in [-0.15, -0.1) is 0 Å². The van der Waals surface area contributed by atoms with Crippen molar-refractivity contribution >= 4 is 11.8 Å². The van der Waals surface area contributed by atoms with Crippen molar-refractivity contribution in [2.45, 2.75) is 37.6 Å². The van der Waals surface area contributed by atoms with Gasteiger partial charge in [0, 0.05) is 24.7 Å². The van der Waals surface area contributed by atoms with Crippen molar-refractivity contribution in [3.05, 3.63) is 47.2 Å². The highest BCUT2D eigenvalue weighted by Gasteiger charge is 2.29.